The maximum atomic E-state index is 5.47. The zero-order valence-corrected chi connectivity index (χ0v) is 17.6. The minimum atomic E-state index is 0. The first-order valence-electron chi connectivity index (χ1n) is 9.95. The molecule has 0 aliphatic carbocycles. The molecule has 0 spiro atoms. The highest BCUT2D eigenvalue weighted by Crippen LogP contribution is 2.20. The SMILES string of the molecule is C=CC[N+](CC=C)(CCCCCCCCCCCC)CC1CO1.[Br-]. The van der Waals surface area contributed by atoms with E-state index in [1.165, 1.54) is 70.8 Å². The van der Waals surface area contributed by atoms with Gasteiger partial charge in [0.15, 0.2) is 0 Å². The number of rotatable bonds is 17. The van der Waals surface area contributed by atoms with Crippen LogP contribution in [0, 0.1) is 0 Å². The summed E-state index contributed by atoms with van der Waals surface area (Å²) >= 11 is 0. The van der Waals surface area contributed by atoms with Crippen LogP contribution >= 0.6 is 0 Å². The highest BCUT2D eigenvalue weighted by Gasteiger charge is 2.35. The van der Waals surface area contributed by atoms with Crippen LogP contribution in [0.5, 0.6) is 0 Å². The lowest BCUT2D eigenvalue weighted by Crippen LogP contribution is -3.00. The van der Waals surface area contributed by atoms with Gasteiger partial charge in [0, 0.05) is 0 Å². The molecule has 1 rings (SSSR count). The molecule has 3 heteroatoms. The van der Waals surface area contributed by atoms with Crippen LogP contribution in [0.4, 0.5) is 0 Å². The molecular formula is C21H40BrNO. The van der Waals surface area contributed by atoms with Gasteiger partial charge >= 0.3 is 0 Å². The van der Waals surface area contributed by atoms with E-state index in [4.69, 9.17) is 4.74 Å². The second-order valence-corrected chi connectivity index (χ2v) is 7.33. The summed E-state index contributed by atoms with van der Waals surface area (Å²) in [5, 5.41) is 0. The van der Waals surface area contributed by atoms with Crippen LogP contribution in [0.15, 0.2) is 25.3 Å². The Hall–Kier alpha value is -0.120. The zero-order chi connectivity index (χ0) is 16.8. The Kier molecular flexibility index (Phi) is 15.1. The van der Waals surface area contributed by atoms with Crippen molar-refractivity contribution in [3.63, 3.8) is 0 Å². The Bertz CT molecular complexity index is 305. The largest absolute Gasteiger partial charge is 1.00 e. The molecule has 0 N–H and O–H groups in total. The fourth-order valence-corrected chi connectivity index (χ4v) is 3.59. The molecule has 1 aliphatic heterocycles. The molecular weight excluding hydrogens is 362 g/mol. The highest BCUT2D eigenvalue weighted by atomic mass is 79.9. The van der Waals surface area contributed by atoms with Crippen molar-refractivity contribution in [2.75, 3.05) is 32.8 Å². The molecule has 0 radical (unpaired) electrons. The molecule has 1 heterocycles. The molecule has 0 amide bonds. The molecule has 24 heavy (non-hydrogen) atoms. The number of hydrogen-bond acceptors (Lipinski definition) is 1. The molecule has 0 bridgehead atoms. The third-order valence-electron chi connectivity index (χ3n) is 5.01. The van der Waals surface area contributed by atoms with Crippen molar-refractivity contribution in [3.8, 4) is 0 Å². The minimum Gasteiger partial charge on any atom is -1.00 e. The summed E-state index contributed by atoms with van der Waals surface area (Å²) in [5.74, 6) is 0. The van der Waals surface area contributed by atoms with Crippen molar-refractivity contribution in [2.24, 2.45) is 0 Å². The molecule has 0 aromatic rings. The Morgan fingerprint density at radius 3 is 1.75 bits per heavy atom. The van der Waals surface area contributed by atoms with E-state index < -0.39 is 0 Å². The smallest absolute Gasteiger partial charge is 0.130 e. The third kappa shape index (κ3) is 11.4. The molecule has 1 aliphatic rings. The van der Waals surface area contributed by atoms with Crippen LogP contribution in [0.2, 0.25) is 0 Å². The van der Waals surface area contributed by atoms with E-state index in [2.05, 4.69) is 32.2 Å². The van der Waals surface area contributed by atoms with Gasteiger partial charge in [-0.15, -0.1) is 0 Å². The highest BCUT2D eigenvalue weighted by molar-refractivity contribution is 4.76. The van der Waals surface area contributed by atoms with Gasteiger partial charge in [0.2, 0.25) is 0 Å². The molecule has 1 unspecified atom stereocenters. The number of nitrogens with zero attached hydrogens (tertiary/aromatic N) is 1. The Balaban J connectivity index is 0.00000529. The van der Waals surface area contributed by atoms with Gasteiger partial charge in [-0.25, -0.2) is 0 Å². The predicted molar refractivity (Wildman–Crippen MR) is 102 cm³/mol. The molecule has 0 aromatic carbocycles. The fraction of sp³-hybridized carbons (Fsp3) is 0.810. The lowest BCUT2D eigenvalue weighted by Gasteiger charge is -2.36. The summed E-state index contributed by atoms with van der Waals surface area (Å²) in [6, 6.07) is 0. The minimum absolute atomic E-state index is 0. The van der Waals surface area contributed by atoms with E-state index in [1.807, 2.05) is 0 Å². The van der Waals surface area contributed by atoms with Crippen LogP contribution < -0.4 is 17.0 Å². The van der Waals surface area contributed by atoms with Crippen LogP contribution in [0.1, 0.15) is 71.1 Å². The second-order valence-electron chi connectivity index (χ2n) is 7.33. The van der Waals surface area contributed by atoms with Crippen molar-refractivity contribution in [1.82, 2.24) is 0 Å². The topological polar surface area (TPSA) is 12.5 Å². The van der Waals surface area contributed by atoms with Gasteiger partial charge in [0.05, 0.1) is 26.2 Å². The number of epoxide rings is 1. The summed E-state index contributed by atoms with van der Waals surface area (Å²) in [5.41, 5.74) is 0. The normalized spacial score (nSPS) is 16.5. The van der Waals surface area contributed by atoms with Gasteiger partial charge in [-0.3, -0.25) is 0 Å². The average molecular weight is 402 g/mol. The lowest BCUT2D eigenvalue weighted by atomic mass is 10.1. The fourth-order valence-electron chi connectivity index (χ4n) is 3.59. The summed E-state index contributed by atoms with van der Waals surface area (Å²) < 4.78 is 6.56. The van der Waals surface area contributed by atoms with Crippen molar-refractivity contribution >= 4 is 0 Å². The van der Waals surface area contributed by atoms with E-state index in [9.17, 15) is 0 Å². The van der Waals surface area contributed by atoms with Crippen LogP contribution in [-0.2, 0) is 4.74 Å². The summed E-state index contributed by atoms with van der Waals surface area (Å²) in [6.07, 6.45) is 18.6. The monoisotopic (exact) mass is 401 g/mol. The third-order valence-corrected chi connectivity index (χ3v) is 5.01. The molecule has 0 aromatic heterocycles. The predicted octanol–water partition coefficient (Wildman–Crippen LogP) is 2.50. The second kappa shape index (κ2) is 15.2. The van der Waals surface area contributed by atoms with Crippen molar-refractivity contribution in [3.05, 3.63) is 25.3 Å². The van der Waals surface area contributed by atoms with E-state index in [0.29, 0.717) is 6.10 Å². The van der Waals surface area contributed by atoms with E-state index in [-0.39, 0.29) is 17.0 Å². The maximum absolute atomic E-state index is 5.47. The van der Waals surface area contributed by atoms with Crippen molar-refractivity contribution in [2.45, 2.75) is 77.2 Å². The average Bonchev–Trinajstić information content (AvgIpc) is 3.33. The van der Waals surface area contributed by atoms with E-state index in [0.717, 1.165) is 30.7 Å². The van der Waals surface area contributed by atoms with Gasteiger partial charge in [-0.1, -0.05) is 71.4 Å². The molecule has 142 valence electrons. The Morgan fingerprint density at radius 1 is 0.875 bits per heavy atom. The summed E-state index contributed by atoms with van der Waals surface area (Å²) in [7, 11) is 0. The number of unbranched alkanes of at least 4 members (excludes halogenated alkanes) is 9. The van der Waals surface area contributed by atoms with Crippen LogP contribution in [-0.4, -0.2) is 43.4 Å². The summed E-state index contributed by atoms with van der Waals surface area (Å²) in [4.78, 5) is 0. The number of halogens is 1. The van der Waals surface area contributed by atoms with Gasteiger partial charge in [0.1, 0.15) is 12.6 Å². The standard InChI is InChI=1S/C21H40NO.BrH/c1-4-7-8-9-10-11-12-13-14-15-18-22(16-5-2,17-6-3)19-21-20-23-21;/h5-6,21H,2-4,7-20H2,1H3;1H/q+1;/p-1. The first kappa shape index (κ1) is 23.9. The van der Waals surface area contributed by atoms with Gasteiger partial charge < -0.3 is 26.2 Å². The zero-order valence-electron chi connectivity index (χ0n) is 16.0. The molecule has 0 saturated carbocycles. The van der Waals surface area contributed by atoms with Crippen LogP contribution in [0.25, 0.3) is 0 Å². The van der Waals surface area contributed by atoms with Gasteiger partial charge in [-0.05, 0) is 25.0 Å². The van der Waals surface area contributed by atoms with E-state index >= 15 is 0 Å². The number of quaternary nitrogens is 1. The summed E-state index contributed by atoms with van der Waals surface area (Å²) in [6.45, 7) is 15.6. The maximum Gasteiger partial charge on any atom is 0.130 e. The van der Waals surface area contributed by atoms with E-state index in [1.54, 1.807) is 0 Å². The first-order chi connectivity index (χ1) is 11.3. The Morgan fingerprint density at radius 2 is 1.33 bits per heavy atom. The van der Waals surface area contributed by atoms with Gasteiger partial charge in [-0.2, -0.15) is 0 Å². The Labute approximate surface area is 161 Å². The van der Waals surface area contributed by atoms with Crippen molar-refractivity contribution < 1.29 is 26.2 Å². The molecule has 1 saturated heterocycles. The molecule has 1 fully saturated rings. The number of hydrogen-bond donors (Lipinski definition) is 0. The van der Waals surface area contributed by atoms with Crippen LogP contribution in [0.3, 0.4) is 0 Å². The molecule has 1 atom stereocenters. The first-order valence-corrected chi connectivity index (χ1v) is 9.95. The van der Waals surface area contributed by atoms with Crippen molar-refractivity contribution in [1.29, 1.82) is 0 Å². The lowest BCUT2D eigenvalue weighted by molar-refractivity contribution is -0.918. The number of ether oxygens (including phenoxy) is 1. The molecule has 2 nitrogen and oxygen atoms in total. The quantitative estimate of drug-likeness (QED) is 0.158. The van der Waals surface area contributed by atoms with Gasteiger partial charge in [0.25, 0.3) is 0 Å².